The number of nitrogens with zero attached hydrogens (tertiary/aromatic N) is 4. The van der Waals surface area contributed by atoms with Gasteiger partial charge in [0.25, 0.3) is 0 Å². The van der Waals surface area contributed by atoms with Crippen molar-refractivity contribution in [3.05, 3.63) is 48.3 Å². The van der Waals surface area contributed by atoms with Crippen molar-refractivity contribution in [1.29, 1.82) is 0 Å². The first-order chi connectivity index (χ1) is 12.8. The molecule has 1 aromatic heterocycles. The monoisotopic (exact) mass is 354 g/mol. The number of benzene rings is 1. The van der Waals surface area contributed by atoms with Gasteiger partial charge in [-0.25, -0.2) is 9.67 Å². The van der Waals surface area contributed by atoms with Crippen molar-refractivity contribution < 1.29 is 0 Å². The van der Waals surface area contributed by atoms with Gasteiger partial charge in [-0.15, -0.1) is 0 Å². The van der Waals surface area contributed by atoms with Crippen molar-refractivity contribution in [2.24, 2.45) is 4.99 Å². The zero-order valence-electron chi connectivity index (χ0n) is 15.7. The Kier molecular flexibility index (Phi) is 7.07. The lowest BCUT2D eigenvalue weighted by molar-refractivity contribution is 0.232. The van der Waals surface area contributed by atoms with Crippen LogP contribution in [0.5, 0.6) is 0 Å². The smallest absolute Gasteiger partial charge is 0.191 e. The van der Waals surface area contributed by atoms with Crippen molar-refractivity contribution in [3.63, 3.8) is 0 Å². The number of nitrogens with one attached hydrogen (secondary N) is 2. The van der Waals surface area contributed by atoms with E-state index in [0.717, 1.165) is 31.3 Å². The first-order valence-electron chi connectivity index (χ1n) is 9.68. The average molecular weight is 355 g/mol. The summed E-state index contributed by atoms with van der Waals surface area (Å²) in [6.45, 7) is 8.12. The second-order valence-corrected chi connectivity index (χ2v) is 6.64. The molecule has 6 nitrogen and oxygen atoms in total. The summed E-state index contributed by atoms with van der Waals surface area (Å²) in [6, 6.07) is 10.3. The van der Waals surface area contributed by atoms with Gasteiger partial charge in [0, 0.05) is 32.0 Å². The maximum absolute atomic E-state index is 4.71. The summed E-state index contributed by atoms with van der Waals surface area (Å²) in [5.74, 6) is 0.890. The fourth-order valence-corrected chi connectivity index (χ4v) is 3.20. The topological polar surface area (TPSA) is 57.5 Å². The van der Waals surface area contributed by atoms with Crippen LogP contribution in [0.2, 0.25) is 0 Å². The van der Waals surface area contributed by atoms with Gasteiger partial charge in [0.1, 0.15) is 0 Å². The fraction of sp³-hybridized carbons (Fsp3) is 0.500. The van der Waals surface area contributed by atoms with Crippen LogP contribution >= 0.6 is 0 Å². The Labute approximate surface area is 156 Å². The van der Waals surface area contributed by atoms with Crippen molar-refractivity contribution in [1.82, 2.24) is 25.3 Å². The van der Waals surface area contributed by atoms with Crippen molar-refractivity contribution >= 4 is 5.96 Å². The van der Waals surface area contributed by atoms with Crippen molar-refractivity contribution in [3.8, 4) is 5.69 Å². The highest BCUT2D eigenvalue weighted by Crippen LogP contribution is 2.09. The van der Waals surface area contributed by atoms with E-state index < -0.39 is 0 Å². The number of rotatable bonds is 7. The highest BCUT2D eigenvalue weighted by atomic mass is 15.3. The molecule has 1 saturated heterocycles. The minimum atomic E-state index is 0.665. The van der Waals surface area contributed by atoms with Crippen LogP contribution in [0.25, 0.3) is 5.69 Å². The molecule has 0 saturated carbocycles. The van der Waals surface area contributed by atoms with Crippen LogP contribution in [0, 0.1) is 0 Å². The third-order valence-electron chi connectivity index (χ3n) is 4.64. The molecule has 140 valence electrons. The van der Waals surface area contributed by atoms with Crippen LogP contribution in [-0.4, -0.2) is 53.4 Å². The largest absolute Gasteiger partial charge is 0.357 e. The molecule has 0 spiro atoms. The van der Waals surface area contributed by atoms with E-state index in [4.69, 9.17) is 4.99 Å². The van der Waals surface area contributed by atoms with Gasteiger partial charge in [0.15, 0.2) is 5.96 Å². The SMILES string of the molecule is CCNC(=NCc1ccc(-n2cccn2)cc1)NCCN1CCCCC1. The standard InChI is InChI=1S/C20H30N6/c1-2-21-20(22-12-16-25-13-4-3-5-14-25)23-17-18-7-9-19(10-8-18)26-15-6-11-24-26/h6-11,15H,2-5,12-14,16-17H2,1H3,(H2,21,22,23). The molecule has 2 aromatic rings. The minimum Gasteiger partial charge on any atom is -0.357 e. The number of aliphatic imine (C=N–C) groups is 1. The molecule has 26 heavy (non-hydrogen) atoms. The molecule has 3 rings (SSSR count). The van der Waals surface area contributed by atoms with Gasteiger partial charge in [-0.3, -0.25) is 0 Å². The van der Waals surface area contributed by atoms with Crippen molar-refractivity contribution in [2.75, 3.05) is 32.7 Å². The molecule has 0 atom stereocenters. The molecule has 0 amide bonds. The van der Waals surface area contributed by atoms with Gasteiger partial charge in [-0.05, 0) is 56.6 Å². The predicted molar refractivity (Wildman–Crippen MR) is 107 cm³/mol. The Balaban J connectivity index is 1.49. The molecule has 1 aliphatic rings. The summed E-state index contributed by atoms with van der Waals surface area (Å²) in [7, 11) is 0. The summed E-state index contributed by atoms with van der Waals surface area (Å²) in [5, 5.41) is 11.0. The van der Waals surface area contributed by atoms with Gasteiger partial charge in [0.05, 0.1) is 12.2 Å². The predicted octanol–water partition coefficient (Wildman–Crippen LogP) is 2.41. The highest BCUT2D eigenvalue weighted by molar-refractivity contribution is 5.79. The van der Waals surface area contributed by atoms with E-state index in [0.29, 0.717) is 6.54 Å². The highest BCUT2D eigenvalue weighted by Gasteiger charge is 2.09. The van der Waals surface area contributed by atoms with Gasteiger partial charge < -0.3 is 15.5 Å². The first kappa shape index (κ1) is 18.5. The molecule has 0 bridgehead atoms. The Morgan fingerprint density at radius 1 is 1.12 bits per heavy atom. The normalized spacial score (nSPS) is 15.8. The zero-order chi connectivity index (χ0) is 18.0. The molecule has 0 aliphatic carbocycles. The summed E-state index contributed by atoms with van der Waals surface area (Å²) >= 11 is 0. The second-order valence-electron chi connectivity index (χ2n) is 6.64. The van der Waals surface area contributed by atoms with E-state index in [1.54, 1.807) is 6.20 Å². The van der Waals surface area contributed by atoms with E-state index in [2.05, 4.69) is 51.8 Å². The lowest BCUT2D eigenvalue weighted by Crippen LogP contribution is -2.42. The number of piperidine rings is 1. The Morgan fingerprint density at radius 2 is 1.92 bits per heavy atom. The maximum atomic E-state index is 4.71. The van der Waals surface area contributed by atoms with Gasteiger partial charge in [-0.1, -0.05) is 18.6 Å². The summed E-state index contributed by atoms with van der Waals surface area (Å²) in [5.41, 5.74) is 2.25. The molecule has 1 aliphatic heterocycles. The van der Waals surface area contributed by atoms with Crippen LogP contribution in [0.15, 0.2) is 47.7 Å². The van der Waals surface area contributed by atoms with Gasteiger partial charge in [-0.2, -0.15) is 5.10 Å². The van der Waals surface area contributed by atoms with Crippen LogP contribution in [0.1, 0.15) is 31.7 Å². The number of aromatic nitrogens is 2. The van der Waals surface area contributed by atoms with Crippen LogP contribution in [0.4, 0.5) is 0 Å². The molecule has 6 heteroatoms. The first-order valence-corrected chi connectivity index (χ1v) is 9.68. The molecule has 2 heterocycles. The molecular formula is C20H30N6. The van der Waals surface area contributed by atoms with E-state index >= 15 is 0 Å². The average Bonchev–Trinajstić information content (AvgIpc) is 3.22. The molecule has 1 fully saturated rings. The van der Waals surface area contributed by atoms with Crippen LogP contribution in [0.3, 0.4) is 0 Å². The Morgan fingerprint density at radius 3 is 2.62 bits per heavy atom. The van der Waals surface area contributed by atoms with E-state index in [1.165, 1.54) is 37.9 Å². The number of likely N-dealkylation sites (tertiary alicyclic amines) is 1. The Bertz CT molecular complexity index is 656. The fourth-order valence-electron chi connectivity index (χ4n) is 3.20. The molecule has 2 N–H and O–H groups in total. The van der Waals surface area contributed by atoms with E-state index in [-0.39, 0.29) is 0 Å². The zero-order valence-corrected chi connectivity index (χ0v) is 15.7. The van der Waals surface area contributed by atoms with Gasteiger partial charge >= 0.3 is 0 Å². The molecule has 0 radical (unpaired) electrons. The third kappa shape index (κ3) is 5.59. The molecule has 1 aromatic carbocycles. The number of hydrogen-bond donors (Lipinski definition) is 2. The van der Waals surface area contributed by atoms with Crippen LogP contribution in [-0.2, 0) is 6.54 Å². The Hall–Kier alpha value is -2.34. The molecular weight excluding hydrogens is 324 g/mol. The summed E-state index contributed by atoms with van der Waals surface area (Å²) < 4.78 is 1.86. The number of guanidine groups is 1. The van der Waals surface area contributed by atoms with Crippen LogP contribution < -0.4 is 10.6 Å². The minimum absolute atomic E-state index is 0.665. The maximum Gasteiger partial charge on any atom is 0.191 e. The summed E-state index contributed by atoms with van der Waals surface area (Å²) in [6.07, 6.45) is 7.79. The number of hydrogen-bond acceptors (Lipinski definition) is 3. The van der Waals surface area contributed by atoms with E-state index in [1.807, 2.05) is 16.9 Å². The second kappa shape index (κ2) is 9.97. The third-order valence-corrected chi connectivity index (χ3v) is 4.64. The van der Waals surface area contributed by atoms with Gasteiger partial charge in [0.2, 0.25) is 0 Å². The lowest BCUT2D eigenvalue weighted by Gasteiger charge is -2.26. The van der Waals surface area contributed by atoms with E-state index in [9.17, 15) is 0 Å². The summed E-state index contributed by atoms with van der Waals surface area (Å²) in [4.78, 5) is 7.25. The van der Waals surface area contributed by atoms with Crippen molar-refractivity contribution in [2.45, 2.75) is 32.7 Å². The lowest BCUT2D eigenvalue weighted by atomic mass is 10.1. The quantitative estimate of drug-likeness (QED) is 0.592. The molecule has 0 unspecified atom stereocenters.